The highest BCUT2D eigenvalue weighted by molar-refractivity contribution is 7.07. The highest BCUT2D eigenvalue weighted by atomic mass is 32.1. The van der Waals surface area contributed by atoms with Gasteiger partial charge in [0.05, 0.1) is 17.8 Å². The summed E-state index contributed by atoms with van der Waals surface area (Å²) in [7, 11) is 2.00. The number of para-hydroxylation sites is 1. The van der Waals surface area contributed by atoms with E-state index in [0.29, 0.717) is 5.92 Å². The molecule has 0 bridgehead atoms. The lowest BCUT2D eigenvalue weighted by Crippen LogP contribution is -2.23. The minimum atomic E-state index is 0.539. The topological polar surface area (TPSA) is 34.1 Å². The summed E-state index contributed by atoms with van der Waals surface area (Å²) in [6.45, 7) is 1.79. The molecule has 0 spiro atoms. The summed E-state index contributed by atoms with van der Waals surface area (Å²) in [5, 5.41) is 5.33. The molecule has 0 radical (unpaired) electrons. The number of nitrogens with one attached hydrogen (secondary N) is 1. The Hall–Kier alpha value is -1.39. The molecule has 1 N–H and O–H groups in total. The molecular formula is C14H16N2OS. The lowest BCUT2D eigenvalue weighted by Gasteiger charge is -2.27. The van der Waals surface area contributed by atoms with Crippen molar-refractivity contribution in [2.75, 3.05) is 20.2 Å². The third kappa shape index (κ3) is 2.02. The minimum Gasteiger partial charge on any atom is -0.493 e. The van der Waals surface area contributed by atoms with E-state index in [2.05, 4.69) is 33.9 Å². The van der Waals surface area contributed by atoms with Crippen molar-refractivity contribution in [3.05, 3.63) is 34.7 Å². The van der Waals surface area contributed by atoms with Gasteiger partial charge in [-0.05, 0) is 25.1 Å². The summed E-state index contributed by atoms with van der Waals surface area (Å²) < 4.78 is 5.89. The predicted molar refractivity (Wildman–Crippen MR) is 74.3 cm³/mol. The van der Waals surface area contributed by atoms with Gasteiger partial charge >= 0.3 is 0 Å². The Morgan fingerprint density at radius 1 is 1.50 bits per heavy atom. The standard InChI is InChI=1S/C14H16N2OS/c1-15-7-10-5-6-17-14-11(10)3-2-4-12(14)13-8-18-9-16-13/h2-4,8-10,15H,5-7H2,1H3/t10-/m0/s1. The molecule has 1 aromatic carbocycles. The summed E-state index contributed by atoms with van der Waals surface area (Å²) in [6.07, 6.45) is 1.08. The van der Waals surface area contributed by atoms with Crippen molar-refractivity contribution in [1.29, 1.82) is 0 Å². The summed E-state index contributed by atoms with van der Waals surface area (Å²) in [5.74, 6) is 1.56. The van der Waals surface area contributed by atoms with Gasteiger partial charge in [0.2, 0.25) is 0 Å². The zero-order valence-corrected chi connectivity index (χ0v) is 11.2. The van der Waals surface area contributed by atoms with Crippen LogP contribution in [-0.2, 0) is 0 Å². The van der Waals surface area contributed by atoms with E-state index in [1.54, 1.807) is 11.3 Å². The average Bonchev–Trinajstić information content (AvgIpc) is 2.93. The average molecular weight is 260 g/mol. The Labute approximate surface area is 111 Å². The normalized spacial score (nSPS) is 18.2. The van der Waals surface area contributed by atoms with Crippen LogP contribution in [0.1, 0.15) is 17.9 Å². The van der Waals surface area contributed by atoms with Crippen LogP contribution in [0.15, 0.2) is 29.1 Å². The van der Waals surface area contributed by atoms with Gasteiger partial charge in [0.15, 0.2) is 0 Å². The lowest BCUT2D eigenvalue weighted by atomic mass is 9.91. The molecule has 94 valence electrons. The van der Waals surface area contributed by atoms with Crippen molar-refractivity contribution in [1.82, 2.24) is 10.3 Å². The van der Waals surface area contributed by atoms with E-state index in [0.717, 1.165) is 36.6 Å². The van der Waals surface area contributed by atoms with Crippen LogP contribution >= 0.6 is 11.3 Å². The van der Waals surface area contributed by atoms with Crippen LogP contribution in [0.4, 0.5) is 0 Å². The van der Waals surface area contributed by atoms with Gasteiger partial charge in [-0.25, -0.2) is 4.98 Å². The number of thiazole rings is 1. The maximum absolute atomic E-state index is 5.89. The molecule has 0 amide bonds. The Balaban J connectivity index is 2.06. The second-order valence-electron chi connectivity index (χ2n) is 4.49. The number of nitrogens with zero attached hydrogens (tertiary/aromatic N) is 1. The molecule has 1 atom stereocenters. The van der Waals surface area contributed by atoms with Crippen molar-refractivity contribution in [3.8, 4) is 17.0 Å². The molecule has 0 fully saturated rings. The summed E-state index contributed by atoms with van der Waals surface area (Å²) >= 11 is 1.62. The fraction of sp³-hybridized carbons (Fsp3) is 0.357. The number of ether oxygens (including phenoxy) is 1. The van der Waals surface area contributed by atoms with Gasteiger partial charge in [-0.3, -0.25) is 0 Å². The first-order valence-electron chi connectivity index (χ1n) is 6.19. The maximum atomic E-state index is 5.89. The van der Waals surface area contributed by atoms with Crippen LogP contribution in [0, 0.1) is 0 Å². The monoisotopic (exact) mass is 260 g/mol. The third-order valence-electron chi connectivity index (χ3n) is 3.36. The number of aromatic nitrogens is 1. The van der Waals surface area contributed by atoms with E-state index in [1.165, 1.54) is 5.56 Å². The van der Waals surface area contributed by atoms with E-state index < -0.39 is 0 Å². The molecule has 2 heterocycles. The first kappa shape index (κ1) is 11.7. The van der Waals surface area contributed by atoms with Crippen LogP contribution < -0.4 is 10.1 Å². The molecule has 0 unspecified atom stereocenters. The molecule has 2 aromatic rings. The second-order valence-corrected chi connectivity index (χ2v) is 5.21. The number of hydrogen-bond donors (Lipinski definition) is 1. The Kier molecular flexibility index (Phi) is 3.30. The van der Waals surface area contributed by atoms with Crippen LogP contribution in [0.3, 0.4) is 0 Å². The van der Waals surface area contributed by atoms with E-state index >= 15 is 0 Å². The summed E-state index contributed by atoms with van der Waals surface area (Å²) in [4.78, 5) is 4.39. The SMILES string of the molecule is CNC[C@@H]1CCOc2c(-c3cscn3)cccc21. The molecule has 0 saturated carbocycles. The largest absolute Gasteiger partial charge is 0.493 e. The van der Waals surface area contributed by atoms with Gasteiger partial charge in [-0.1, -0.05) is 12.1 Å². The third-order valence-corrected chi connectivity index (χ3v) is 3.94. The molecule has 4 heteroatoms. The van der Waals surface area contributed by atoms with Crippen molar-refractivity contribution in [2.24, 2.45) is 0 Å². The van der Waals surface area contributed by atoms with Gasteiger partial charge in [-0.15, -0.1) is 11.3 Å². The van der Waals surface area contributed by atoms with Gasteiger partial charge < -0.3 is 10.1 Å². The Morgan fingerprint density at radius 3 is 3.22 bits per heavy atom. The lowest BCUT2D eigenvalue weighted by molar-refractivity contribution is 0.267. The zero-order chi connectivity index (χ0) is 12.4. The number of benzene rings is 1. The molecule has 3 nitrogen and oxygen atoms in total. The molecular weight excluding hydrogens is 244 g/mol. The van der Waals surface area contributed by atoms with Gasteiger partial charge in [0.1, 0.15) is 5.75 Å². The van der Waals surface area contributed by atoms with Crippen molar-refractivity contribution in [2.45, 2.75) is 12.3 Å². The summed E-state index contributed by atoms with van der Waals surface area (Å²) in [6, 6.07) is 6.37. The van der Waals surface area contributed by atoms with E-state index in [-0.39, 0.29) is 0 Å². The van der Waals surface area contributed by atoms with Gasteiger partial charge in [0.25, 0.3) is 0 Å². The quantitative estimate of drug-likeness (QED) is 0.921. The molecule has 1 aliphatic rings. The number of rotatable bonds is 3. The molecule has 18 heavy (non-hydrogen) atoms. The second kappa shape index (κ2) is 5.08. The van der Waals surface area contributed by atoms with E-state index in [1.807, 2.05) is 12.6 Å². The van der Waals surface area contributed by atoms with Gasteiger partial charge in [0, 0.05) is 23.4 Å². The molecule has 0 saturated heterocycles. The van der Waals surface area contributed by atoms with E-state index in [4.69, 9.17) is 4.74 Å². The number of hydrogen-bond acceptors (Lipinski definition) is 4. The van der Waals surface area contributed by atoms with Crippen LogP contribution in [-0.4, -0.2) is 25.2 Å². The smallest absolute Gasteiger partial charge is 0.132 e. The fourth-order valence-electron chi connectivity index (χ4n) is 2.50. The number of likely N-dealkylation sites (N-methyl/N-ethyl adjacent to an activating group) is 1. The Morgan fingerprint density at radius 2 is 2.44 bits per heavy atom. The highest BCUT2D eigenvalue weighted by Crippen LogP contribution is 2.40. The van der Waals surface area contributed by atoms with Crippen LogP contribution in [0.5, 0.6) is 5.75 Å². The molecule has 1 aliphatic heterocycles. The highest BCUT2D eigenvalue weighted by Gasteiger charge is 2.23. The first-order valence-corrected chi connectivity index (χ1v) is 7.13. The Bertz CT molecular complexity index is 525. The first-order chi connectivity index (χ1) is 8.90. The molecule has 1 aromatic heterocycles. The molecule has 3 rings (SSSR count). The minimum absolute atomic E-state index is 0.539. The maximum Gasteiger partial charge on any atom is 0.132 e. The van der Waals surface area contributed by atoms with Crippen LogP contribution in [0.25, 0.3) is 11.3 Å². The number of fused-ring (bicyclic) bond motifs is 1. The zero-order valence-electron chi connectivity index (χ0n) is 10.3. The van der Waals surface area contributed by atoms with Crippen molar-refractivity contribution < 1.29 is 4.74 Å². The van der Waals surface area contributed by atoms with Crippen LogP contribution in [0.2, 0.25) is 0 Å². The molecule has 0 aliphatic carbocycles. The van der Waals surface area contributed by atoms with Crippen molar-refractivity contribution in [3.63, 3.8) is 0 Å². The van der Waals surface area contributed by atoms with Gasteiger partial charge in [-0.2, -0.15) is 0 Å². The van der Waals surface area contributed by atoms with E-state index in [9.17, 15) is 0 Å². The summed E-state index contributed by atoms with van der Waals surface area (Å²) in [5.41, 5.74) is 5.31. The predicted octanol–water partition coefficient (Wildman–Crippen LogP) is 2.90. The van der Waals surface area contributed by atoms with Crippen molar-refractivity contribution >= 4 is 11.3 Å². The fourth-order valence-corrected chi connectivity index (χ4v) is 3.05.